The second-order valence-corrected chi connectivity index (χ2v) is 23.9. The van der Waals surface area contributed by atoms with Crippen molar-refractivity contribution in [3.05, 3.63) is 0 Å². The van der Waals surface area contributed by atoms with Crippen LogP contribution in [0.1, 0.15) is 209 Å². The number of nitrogens with zero attached hydrogens (tertiary/aromatic N) is 1. The Hall–Kier alpha value is -3.76. The topological polar surface area (TPSA) is 260 Å². The molecule has 1 saturated heterocycles. The van der Waals surface area contributed by atoms with Crippen LogP contribution in [0.3, 0.4) is 0 Å². The molecular formula is C57H99N7O9. The molecule has 0 spiro atoms. The molecule has 0 aromatic heterocycles. The summed E-state index contributed by atoms with van der Waals surface area (Å²) in [6.07, 6.45) is 17.4. The largest absolute Gasteiger partial charge is 0.480 e. The summed E-state index contributed by atoms with van der Waals surface area (Å²) in [5.41, 5.74) is 11.2. The van der Waals surface area contributed by atoms with Gasteiger partial charge in [-0.3, -0.25) is 38.9 Å². The first-order valence-corrected chi connectivity index (χ1v) is 29.0. The third-order valence-electron chi connectivity index (χ3n) is 17.0. The summed E-state index contributed by atoms with van der Waals surface area (Å²) in [6, 6.07) is -3.48. The van der Waals surface area contributed by atoms with Gasteiger partial charge in [-0.05, 0) is 113 Å². The summed E-state index contributed by atoms with van der Waals surface area (Å²) in [7, 11) is 0. The van der Waals surface area contributed by atoms with Gasteiger partial charge in [0.05, 0.1) is 18.1 Å². The number of likely N-dealkylation sites (tertiary alicyclic amines) is 1. The summed E-state index contributed by atoms with van der Waals surface area (Å²) >= 11 is 0. The molecule has 4 aliphatic rings. The van der Waals surface area contributed by atoms with Gasteiger partial charge in [-0.15, -0.1) is 0 Å². The number of aliphatic carboxylic acids is 1. The molecule has 73 heavy (non-hydrogen) atoms. The highest BCUT2D eigenvalue weighted by atomic mass is 16.4. The summed E-state index contributed by atoms with van der Waals surface area (Å²) in [6.45, 7) is 14.1. The molecule has 0 radical (unpaired) electrons. The minimum absolute atomic E-state index is 0.0186. The smallest absolute Gasteiger partial charge is 0.326 e. The molecule has 3 aliphatic carbocycles. The highest BCUT2D eigenvalue weighted by Gasteiger charge is 2.43. The fraction of sp³-hybridized carbons (Fsp3) is 0.860. The Balaban J connectivity index is 1.45. The minimum Gasteiger partial charge on any atom is -0.480 e. The first-order chi connectivity index (χ1) is 34.7. The molecule has 16 heteroatoms. The van der Waals surface area contributed by atoms with Gasteiger partial charge in [0.2, 0.25) is 23.6 Å². The summed E-state index contributed by atoms with van der Waals surface area (Å²) < 4.78 is 0. The number of nitrogens with two attached hydrogens (primary N) is 2. The maximum atomic E-state index is 14.5. The third kappa shape index (κ3) is 20.0. The number of Topliss-reactive ketones (excluding diaryl/α,β-unsaturated/α-hetero) is 3. The first-order valence-electron chi connectivity index (χ1n) is 29.0. The Morgan fingerprint density at radius 2 is 1.29 bits per heavy atom. The Bertz CT molecular complexity index is 1800. The number of hydrogen-bond donors (Lipinski definition) is 7. The molecule has 3 saturated carbocycles. The molecule has 416 valence electrons. The van der Waals surface area contributed by atoms with Crippen LogP contribution in [0.4, 0.5) is 0 Å². The number of nitrogens with one attached hydrogen (secondary N) is 4. The number of carboxylic acids is 1. The van der Waals surface area contributed by atoms with Gasteiger partial charge in [0.15, 0.2) is 17.3 Å². The standard InChI is InChI=1S/C57H99N7O9/c1-8-9-11-23-45(56(72)73)61-54(70)43(32-41-26-25-40-21-14-15-22-44(40)41)33-49(66)47-24-17-28-64(47)55(71)38(7)30-48(65)46(29-35(2)3)62-53(69)42(31-39-19-12-10-13-20-39)34-50(67)51(36(4)5)63-52(68)37(6)18-16-27-60-57(58)59/h35-47,51,57,60H,8-34,58-59H2,1-7H3,(H,61,70)(H,62,69)(H,63,68)(H,72,73). The van der Waals surface area contributed by atoms with Crippen molar-refractivity contribution in [2.45, 2.75) is 239 Å². The van der Waals surface area contributed by atoms with Crippen molar-refractivity contribution >= 4 is 46.9 Å². The lowest BCUT2D eigenvalue weighted by molar-refractivity contribution is -0.144. The SMILES string of the molecule is CCCCCC(NC(=O)C(CC(=O)C1CCCN1C(=O)C(C)CC(=O)C(CC(C)C)NC(=O)C(CC(=O)C(NC(=O)C(C)CCCNC(N)N)C(C)C)CC1CCCCC1)CC1CCC2CCCCC21)C(=O)O. The highest BCUT2D eigenvalue weighted by molar-refractivity contribution is 5.97. The van der Waals surface area contributed by atoms with Crippen molar-refractivity contribution in [2.75, 3.05) is 13.1 Å². The number of amides is 4. The van der Waals surface area contributed by atoms with Crippen molar-refractivity contribution in [3.8, 4) is 0 Å². The van der Waals surface area contributed by atoms with Crippen molar-refractivity contribution in [3.63, 3.8) is 0 Å². The Morgan fingerprint density at radius 3 is 1.93 bits per heavy atom. The van der Waals surface area contributed by atoms with Gasteiger partial charge in [-0.2, -0.15) is 0 Å². The summed E-state index contributed by atoms with van der Waals surface area (Å²) in [5, 5.41) is 21.8. The maximum Gasteiger partial charge on any atom is 0.326 e. The molecular weight excluding hydrogens is 927 g/mol. The number of hydrogen-bond acceptors (Lipinski definition) is 11. The molecule has 11 unspecified atom stereocenters. The third-order valence-corrected chi connectivity index (χ3v) is 17.0. The number of rotatable bonds is 33. The Kier molecular flexibility index (Phi) is 26.5. The molecule has 4 rings (SSSR count). The van der Waals surface area contributed by atoms with Crippen LogP contribution in [0.5, 0.6) is 0 Å². The van der Waals surface area contributed by atoms with E-state index in [1.807, 2.05) is 41.5 Å². The highest BCUT2D eigenvalue weighted by Crippen LogP contribution is 2.48. The van der Waals surface area contributed by atoms with E-state index in [2.05, 4.69) is 21.3 Å². The van der Waals surface area contributed by atoms with Crippen LogP contribution in [0.25, 0.3) is 0 Å². The van der Waals surface area contributed by atoms with Gasteiger partial charge in [0.25, 0.3) is 0 Å². The van der Waals surface area contributed by atoms with E-state index in [1.54, 1.807) is 11.8 Å². The van der Waals surface area contributed by atoms with E-state index >= 15 is 0 Å². The van der Waals surface area contributed by atoms with E-state index in [9.17, 15) is 43.5 Å². The molecule has 16 nitrogen and oxygen atoms in total. The summed E-state index contributed by atoms with van der Waals surface area (Å²) in [4.78, 5) is 113. The van der Waals surface area contributed by atoms with Crippen LogP contribution in [0, 0.1) is 59.2 Å². The summed E-state index contributed by atoms with van der Waals surface area (Å²) in [5.74, 6) is -4.25. The lowest BCUT2D eigenvalue weighted by atomic mass is 9.75. The lowest BCUT2D eigenvalue weighted by Gasteiger charge is -2.32. The molecule has 1 heterocycles. The fourth-order valence-corrected chi connectivity index (χ4v) is 12.7. The molecule has 0 aromatic rings. The average Bonchev–Trinajstić information content (AvgIpc) is 4.01. The molecule has 9 N–H and O–H groups in total. The number of unbranched alkanes of at least 4 members (excludes halogenated alkanes) is 2. The van der Waals surface area contributed by atoms with Crippen LogP contribution in [0.15, 0.2) is 0 Å². The Morgan fingerprint density at radius 1 is 0.630 bits per heavy atom. The second-order valence-electron chi connectivity index (χ2n) is 23.9. The molecule has 11 atom stereocenters. The predicted octanol–water partition coefficient (Wildman–Crippen LogP) is 7.33. The van der Waals surface area contributed by atoms with E-state index in [-0.39, 0.29) is 83.9 Å². The lowest BCUT2D eigenvalue weighted by Crippen LogP contribution is -2.49. The zero-order chi connectivity index (χ0) is 53.8. The predicted molar refractivity (Wildman–Crippen MR) is 284 cm³/mol. The first kappa shape index (κ1) is 61.8. The number of carbonyl (C=O) groups is 8. The van der Waals surface area contributed by atoms with E-state index < -0.39 is 60.1 Å². The molecule has 4 fully saturated rings. The number of ketones is 3. The van der Waals surface area contributed by atoms with Crippen LogP contribution < -0.4 is 32.7 Å². The van der Waals surface area contributed by atoms with Crippen LogP contribution in [-0.2, 0) is 38.4 Å². The van der Waals surface area contributed by atoms with Crippen LogP contribution in [-0.4, -0.2) is 101 Å². The number of fused-ring (bicyclic) bond motifs is 1. The van der Waals surface area contributed by atoms with Crippen LogP contribution in [0.2, 0.25) is 0 Å². The fourth-order valence-electron chi connectivity index (χ4n) is 12.7. The maximum absolute atomic E-state index is 14.5. The van der Waals surface area contributed by atoms with Gasteiger partial charge in [-0.25, -0.2) is 4.79 Å². The van der Waals surface area contributed by atoms with E-state index in [1.165, 1.54) is 12.8 Å². The van der Waals surface area contributed by atoms with Crippen molar-refractivity contribution in [1.29, 1.82) is 0 Å². The van der Waals surface area contributed by atoms with E-state index in [4.69, 9.17) is 11.5 Å². The molecule has 1 aliphatic heterocycles. The van der Waals surface area contributed by atoms with E-state index in [0.717, 1.165) is 70.6 Å². The zero-order valence-electron chi connectivity index (χ0n) is 46.1. The zero-order valence-corrected chi connectivity index (χ0v) is 46.1. The van der Waals surface area contributed by atoms with Crippen molar-refractivity contribution in [1.82, 2.24) is 26.2 Å². The van der Waals surface area contributed by atoms with Gasteiger partial charge in [-0.1, -0.05) is 119 Å². The quantitative estimate of drug-likeness (QED) is 0.0252. The molecule has 0 bridgehead atoms. The van der Waals surface area contributed by atoms with Crippen molar-refractivity contribution in [2.24, 2.45) is 70.6 Å². The van der Waals surface area contributed by atoms with Gasteiger partial charge in [0.1, 0.15) is 12.3 Å². The number of carboxylic acid groups (broad SMARTS) is 1. The molecule has 0 aromatic carbocycles. The van der Waals surface area contributed by atoms with E-state index in [0.29, 0.717) is 82.7 Å². The van der Waals surface area contributed by atoms with Crippen molar-refractivity contribution < 1.29 is 43.5 Å². The minimum atomic E-state index is -1.08. The molecule has 4 amide bonds. The van der Waals surface area contributed by atoms with Gasteiger partial charge in [0, 0.05) is 49.5 Å². The Labute approximate surface area is 438 Å². The second kappa shape index (κ2) is 31.3. The van der Waals surface area contributed by atoms with Gasteiger partial charge >= 0.3 is 5.97 Å². The van der Waals surface area contributed by atoms with Gasteiger partial charge < -0.3 is 37.4 Å². The number of carbonyl (C=O) groups excluding carboxylic acids is 7. The van der Waals surface area contributed by atoms with Crippen LogP contribution >= 0.6 is 0 Å². The average molecular weight is 1030 g/mol. The normalized spacial score (nSPS) is 23.3. The monoisotopic (exact) mass is 1030 g/mol.